The van der Waals surface area contributed by atoms with Crippen LogP contribution in [0.3, 0.4) is 0 Å². The van der Waals surface area contributed by atoms with E-state index < -0.39 is 5.91 Å². The molecule has 82 valence electrons. The highest BCUT2D eigenvalue weighted by atomic mass is 16.1. The molecule has 16 heavy (non-hydrogen) atoms. The van der Waals surface area contributed by atoms with Gasteiger partial charge in [0, 0.05) is 18.1 Å². The first-order valence-electron chi connectivity index (χ1n) is 4.74. The number of hydrogen-bond donors (Lipinski definition) is 1. The molecule has 2 aromatic heterocycles. The number of primary amides is 1. The second kappa shape index (κ2) is 3.73. The summed E-state index contributed by atoms with van der Waals surface area (Å²) < 4.78 is 1.56. The first-order chi connectivity index (χ1) is 7.59. The van der Waals surface area contributed by atoms with Gasteiger partial charge in [0.2, 0.25) is 0 Å². The average Bonchev–Trinajstić information content (AvgIpc) is 2.57. The standard InChI is InChI=1S/C10H11N5O/c1-6-5-7(2)15(14-6)10-8(9(11)16)12-3-4-13-10/h3-5H,1-2H3,(H2,11,16). The molecule has 6 heteroatoms. The number of nitrogens with zero attached hydrogens (tertiary/aromatic N) is 4. The molecule has 0 aliphatic heterocycles. The van der Waals surface area contributed by atoms with Crippen molar-refractivity contribution in [2.45, 2.75) is 13.8 Å². The average molecular weight is 217 g/mol. The second-order valence-corrected chi connectivity index (χ2v) is 3.43. The third-order valence-electron chi connectivity index (χ3n) is 2.12. The van der Waals surface area contributed by atoms with Crippen molar-refractivity contribution in [2.24, 2.45) is 5.73 Å². The van der Waals surface area contributed by atoms with Gasteiger partial charge in [0.05, 0.1) is 5.69 Å². The number of aryl methyl sites for hydroxylation is 2. The first kappa shape index (κ1) is 10.3. The van der Waals surface area contributed by atoms with Gasteiger partial charge in [0.15, 0.2) is 11.5 Å². The van der Waals surface area contributed by atoms with Gasteiger partial charge in [-0.05, 0) is 19.9 Å². The molecular weight excluding hydrogens is 206 g/mol. The van der Waals surface area contributed by atoms with Gasteiger partial charge in [-0.1, -0.05) is 0 Å². The molecule has 6 nitrogen and oxygen atoms in total. The number of hydrogen-bond acceptors (Lipinski definition) is 4. The molecular formula is C10H11N5O. The lowest BCUT2D eigenvalue weighted by atomic mass is 10.3. The molecule has 2 aromatic rings. The number of aromatic nitrogens is 4. The van der Waals surface area contributed by atoms with E-state index >= 15 is 0 Å². The van der Waals surface area contributed by atoms with Gasteiger partial charge in [-0.3, -0.25) is 4.79 Å². The van der Waals surface area contributed by atoms with Gasteiger partial charge in [-0.25, -0.2) is 14.6 Å². The van der Waals surface area contributed by atoms with Crippen LogP contribution < -0.4 is 5.73 Å². The Bertz CT molecular complexity index is 546. The number of carbonyl (C=O) groups is 1. The van der Waals surface area contributed by atoms with Crippen molar-refractivity contribution < 1.29 is 4.79 Å². The summed E-state index contributed by atoms with van der Waals surface area (Å²) in [4.78, 5) is 19.2. The molecule has 1 amide bonds. The highest BCUT2D eigenvalue weighted by Crippen LogP contribution is 2.11. The number of amides is 1. The van der Waals surface area contributed by atoms with Gasteiger partial charge >= 0.3 is 0 Å². The predicted octanol–water partition coefficient (Wildman–Crippen LogP) is 0.378. The van der Waals surface area contributed by atoms with E-state index in [1.54, 1.807) is 4.68 Å². The van der Waals surface area contributed by atoms with Crippen molar-refractivity contribution in [1.29, 1.82) is 0 Å². The maximum absolute atomic E-state index is 11.2. The summed E-state index contributed by atoms with van der Waals surface area (Å²) in [5.41, 5.74) is 7.07. The molecule has 0 saturated carbocycles. The van der Waals surface area contributed by atoms with Crippen LogP contribution in [-0.2, 0) is 0 Å². The summed E-state index contributed by atoms with van der Waals surface area (Å²) in [5.74, 6) is -0.253. The Hall–Kier alpha value is -2.24. The molecule has 0 fully saturated rings. The molecule has 2 N–H and O–H groups in total. The molecule has 0 spiro atoms. The van der Waals surface area contributed by atoms with E-state index in [0.717, 1.165) is 11.4 Å². The first-order valence-corrected chi connectivity index (χ1v) is 4.74. The lowest BCUT2D eigenvalue weighted by Gasteiger charge is -2.05. The Balaban J connectivity index is 2.64. The zero-order valence-electron chi connectivity index (χ0n) is 9.01. The largest absolute Gasteiger partial charge is 0.364 e. The molecule has 0 unspecified atom stereocenters. The van der Waals surface area contributed by atoms with E-state index in [0.29, 0.717) is 5.82 Å². The topological polar surface area (TPSA) is 86.7 Å². The van der Waals surface area contributed by atoms with Crippen molar-refractivity contribution in [1.82, 2.24) is 19.7 Å². The van der Waals surface area contributed by atoms with E-state index in [2.05, 4.69) is 15.1 Å². The summed E-state index contributed by atoms with van der Waals surface area (Å²) in [6.45, 7) is 3.74. The van der Waals surface area contributed by atoms with Crippen LogP contribution >= 0.6 is 0 Å². The van der Waals surface area contributed by atoms with Gasteiger partial charge in [0.1, 0.15) is 0 Å². The maximum atomic E-state index is 11.2. The van der Waals surface area contributed by atoms with Crippen molar-refractivity contribution in [2.75, 3.05) is 0 Å². The molecule has 2 rings (SSSR count). The molecule has 2 heterocycles. The van der Waals surface area contributed by atoms with Crippen molar-refractivity contribution in [3.63, 3.8) is 0 Å². The Labute approximate surface area is 92.1 Å². The minimum atomic E-state index is -0.615. The maximum Gasteiger partial charge on any atom is 0.271 e. The molecule has 0 saturated heterocycles. The third-order valence-corrected chi connectivity index (χ3v) is 2.12. The van der Waals surface area contributed by atoms with Crippen LogP contribution in [0.4, 0.5) is 0 Å². The smallest absolute Gasteiger partial charge is 0.271 e. The van der Waals surface area contributed by atoms with Gasteiger partial charge < -0.3 is 5.73 Å². The van der Waals surface area contributed by atoms with E-state index in [1.807, 2.05) is 19.9 Å². The van der Waals surface area contributed by atoms with E-state index in [4.69, 9.17) is 5.73 Å². The SMILES string of the molecule is Cc1cc(C)n(-c2nccnc2C(N)=O)n1. The highest BCUT2D eigenvalue weighted by Gasteiger charge is 2.14. The van der Waals surface area contributed by atoms with Crippen molar-refractivity contribution in [3.05, 3.63) is 35.5 Å². The fourth-order valence-corrected chi connectivity index (χ4v) is 1.50. The zero-order chi connectivity index (χ0) is 11.7. The summed E-state index contributed by atoms with van der Waals surface area (Å²) in [5, 5.41) is 4.23. The normalized spacial score (nSPS) is 10.4. The predicted molar refractivity (Wildman–Crippen MR) is 57.1 cm³/mol. The molecule has 0 radical (unpaired) electrons. The van der Waals surface area contributed by atoms with E-state index in [-0.39, 0.29) is 5.69 Å². The van der Waals surface area contributed by atoms with Gasteiger partial charge in [0.25, 0.3) is 5.91 Å². The molecule has 0 aromatic carbocycles. The fourth-order valence-electron chi connectivity index (χ4n) is 1.50. The van der Waals surface area contributed by atoms with Crippen LogP contribution in [0.1, 0.15) is 21.9 Å². The molecule has 0 aliphatic rings. The Kier molecular flexibility index (Phi) is 2.40. The summed E-state index contributed by atoms with van der Waals surface area (Å²) in [7, 11) is 0. The van der Waals surface area contributed by atoms with E-state index in [9.17, 15) is 4.79 Å². The molecule has 0 aliphatic carbocycles. The number of carbonyl (C=O) groups excluding carboxylic acids is 1. The quantitative estimate of drug-likeness (QED) is 0.787. The highest BCUT2D eigenvalue weighted by molar-refractivity contribution is 5.93. The number of rotatable bonds is 2. The minimum absolute atomic E-state index is 0.119. The Morgan fingerprint density at radius 3 is 2.56 bits per heavy atom. The Morgan fingerprint density at radius 2 is 2.00 bits per heavy atom. The van der Waals surface area contributed by atoms with Crippen molar-refractivity contribution >= 4 is 5.91 Å². The monoisotopic (exact) mass is 217 g/mol. The molecule has 0 atom stereocenters. The number of nitrogens with two attached hydrogens (primary N) is 1. The van der Waals surface area contributed by atoms with Crippen LogP contribution in [-0.4, -0.2) is 25.7 Å². The van der Waals surface area contributed by atoms with Crippen LogP contribution in [0.2, 0.25) is 0 Å². The lowest BCUT2D eigenvalue weighted by Crippen LogP contribution is -2.18. The lowest BCUT2D eigenvalue weighted by molar-refractivity contribution is 0.0995. The summed E-state index contributed by atoms with van der Waals surface area (Å²) in [6.07, 6.45) is 2.92. The van der Waals surface area contributed by atoms with Crippen molar-refractivity contribution in [3.8, 4) is 5.82 Å². The third kappa shape index (κ3) is 1.65. The van der Waals surface area contributed by atoms with Gasteiger partial charge in [-0.2, -0.15) is 5.10 Å². The minimum Gasteiger partial charge on any atom is -0.364 e. The Morgan fingerprint density at radius 1 is 1.31 bits per heavy atom. The zero-order valence-corrected chi connectivity index (χ0v) is 9.01. The summed E-state index contributed by atoms with van der Waals surface area (Å²) in [6, 6.07) is 1.89. The van der Waals surface area contributed by atoms with Crippen LogP contribution in [0.5, 0.6) is 0 Å². The van der Waals surface area contributed by atoms with Crippen LogP contribution in [0, 0.1) is 13.8 Å². The van der Waals surface area contributed by atoms with Gasteiger partial charge in [-0.15, -0.1) is 0 Å². The van der Waals surface area contributed by atoms with E-state index in [1.165, 1.54) is 12.4 Å². The van der Waals surface area contributed by atoms with Crippen LogP contribution in [0.15, 0.2) is 18.5 Å². The second-order valence-electron chi connectivity index (χ2n) is 3.43. The van der Waals surface area contributed by atoms with Crippen LogP contribution in [0.25, 0.3) is 5.82 Å². The fraction of sp³-hybridized carbons (Fsp3) is 0.200. The summed E-state index contributed by atoms with van der Waals surface area (Å²) >= 11 is 0. The molecule has 0 bridgehead atoms.